The second-order valence-electron chi connectivity index (χ2n) is 7.26. The lowest BCUT2D eigenvalue weighted by Gasteiger charge is -2.36. The number of amides is 1. The average molecular weight is 437 g/mol. The molecular weight excluding hydrogens is 415 g/mol. The number of rotatable bonds is 6. The lowest BCUT2D eigenvalue weighted by atomic mass is 10.2. The third-order valence-electron chi connectivity index (χ3n) is 5.21. The van der Waals surface area contributed by atoms with Crippen LogP contribution in [-0.4, -0.2) is 53.4 Å². The number of hydrogen-bond donors (Lipinski definition) is 0. The summed E-state index contributed by atoms with van der Waals surface area (Å²) in [6.07, 6.45) is 3.63. The fraction of sp³-hybridized carbons (Fsp3) is 0.450. The zero-order chi connectivity index (χ0) is 20.4. The van der Waals surface area contributed by atoms with Crippen molar-refractivity contribution in [2.45, 2.75) is 19.4 Å². The van der Waals surface area contributed by atoms with Crippen LogP contribution in [0.4, 0.5) is 5.69 Å². The third-order valence-corrected chi connectivity index (χ3v) is 5.82. The van der Waals surface area contributed by atoms with Crippen LogP contribution in [0, 0.1) is 5.92 Å². The fourth-order valence-corrected chi connectivity index (χ4v) is 3.76. The molecule has 2 aliphatic rings. The van der Waals surface area contributed by atoms with E-state index in [1.165, 1.54) is 4.68 Å². The number of piperazine rings is 1. The minimum atomic E-state index is -0.347. The Balaban J connectivity index is 1.35. The molecule has 0 radical (unpaired) electrons. The van der Waals surface area contributed by atoms with Gasteiger partial charge in [-0.2, -0.15) is 5.10 Å². The molecule has 2 heterocycles. The molecule has 7 nitrogen and oxygen atoms in total. The van der Waals surface area contributed by atoms with E-state index in [-0.39, 0.29) is 35.6 Å². The molecule has 1 aromatic heterocycles. The van der Waals surface area contributed by atoms with Crippen LogP contribution >= 0.6 is 23.2 Å². The molecule has 1 saturated heterocycles. The normalized spacial score (nSPS) is 16.8. The number of nitrogens with zero attached hydrogens (tertiary/aromatic N) is 4. The molecule has 1 amide bonds. The second kappa shape index (κ2) is 8.63. The van der Waals surface area contributed by atoms with Crippen molar-refractivity contribution in [1.29, 1.82) is 0 Å². The van der Waals surface area contributed by atoms with Crippen LogP contribution in [0.25, 0.3) is 0 Å². The van der Waals surface area contributed by atoms with E-state index in [0.717, 1.165) is 12.8 Å². The SMILES string of the molecule is O=C(C1CC1)N1CCN(c2cnn(CCOc3ccc(Cl)cc3)c(=O)c2Cl)CC1. The first-order chi connectivity index (χ1) is 14.0. The van der Waals surface area contributed by atoms with Crippen molar-refractivity contribution >= 4 is 34.8 Å². The molecule has 0 atom stereocenters. The van der Waals surface area contributed by atoms with E-state index in [4.69, 9.17) is 27.9 Å². The summed E-state index contributed by atoms with van der Waals surface area (Å²) in [5.74, 6) is 1.15. The van der Waals surface area contributed by atoms with Crippen molar-refractivity contribution in [3.05, 3.63) is 50.9 Å². The van der Waals surface area contributed by atoms with E-state index in [2.05, 4.69) is 5.10 Å². The first kappa shape index (κ1) is 20.0. The van der Waals surface area contributed by atoms with Crippen molar-refractivity contribution in [3.8, 4) is 5.75 Å². The van der Waals surface area contributed by atoms with Gasteiger partial charge in [0.1, 0.15) is 17.4 Å². The first-order valence-electron chi connectivity index (χ1n) is 9.70. The van der Waals surface area contributed by atoms with Gasteiger partial charge in [0.2, 0.25) is 5.91 Å². The van der Waals surface area contributed by atoms with Gasteiger partial charge in [0.05, 0.1) is 18.4 Å². The Labute approximate surface area is 178 Å². The van der Waals surface area contributed by atoms with Crippen molar-refractivity contribution in [1.82, 2.24) is 14.7 Å². The molecule has 4 rings (SSSR count). The van der Waals surface area contributed by atoms with E-state index in [1.54, 1.807) is 30.5 Å². The minimum absolute atomic E-state index is 0.147. The average Bonchev–Trinajstić information content (AvgIpc) is 3.58. The molecular formula is C20H22Cl2N4O3. The molecule has 0 bridgehead atoms. The number of anilines is 1. The van der Waals surface area contributed by atoms with E-state index >= 15 is 0 Å². The van der Waals surface area contributed by atoms with E-state index in [9.17, 15) is 9.59 Å². The van der Waals surface area contributed by atoms with Crippen LogP contribution < -0.4 is 15.2 Å². The van der Waals surface area contributed by atoms with Gasteiger partial charge in [-0.3, -0.25) is 9.59 Å². The summed E-state index contributed by atoms with van der Waals surface area (Å²) < 4.78 is 6.92. The molecule has 1 saturated carbocycles. The van der Waals surface area contributed by atoms with Gasteiger partial charge in [-0.05, 0) is 37.1 Å². The molecule has 2 fully saturated rings. The van der Waals surface area contributed by atoms with Gasteiger partial charge in [-0.25, -0.2) is 4.68 Å². The maximum absolute atomic E-state index is 12.6. The molecule has 1 aliphatic carbocycles. The van der Waals surface area contributed by atoms with E-state index in [0.29, 0.717) is 42.6 Å². The largest absolute Gasteiger partial charge is 0.492 e. The first-order valence-corrected chi connectivity index (χ1v) is 10.5. The Morgan fingerprint density at radius 2 is 1.79 bits per heavy atom. The van der Waals surface area contributed by atoms with E-state index < -0.39 is 0 Å². The lowest BCUT2D eigenvalue weighted by molar-refractivity contribution is -0.132. The van der Waals surface area contributed by atoms with Crippen LogP contribution in [0.2, 0.25) is 10.0 Å². The minimum Gasteiger partial charge on any atom is -0.492 e. The highest BCUT2D eigenvalue weighted by Crippen LogP contribution is 2.31. The number of carbonyl (C=O) groups is 1. The monoisotopic (exact) mass is 436 g/mol. The Morgan fingerprint density at radius 1 is 1.10 bits per heavy atom. The van der Waals surface area contributed by atoms with Crippen LogP contribution in [-0.2, 0) is 11.3 Å². The summed E-state index contributed by atoms with van der Waals surface area (Å²) in [5, 5.41) is 5.03. The number of benzene rings is 1. The molecule has 1 aromatic carbocycles. The maximum atomic E-state index is 12.6. The Bertz CT molecular complexity index is 936. The summed E-state index contributed by atoms with van der Waals surface area (Å²) in [6, 6.07) is 7.01. The number of halogens is 2. The van der Waals surface area contributed by atoms with Crippen molar-refractivity contribution in [3.63, 3.8) is 0 Å². The smallest absolute Gasteiger partial charge is 0.287 e. The third kappa shape index (κ3) is 4.67. The zero-order valence-corrected chi connectivity index (χ0v) is 17.4. The summed E-state index contributed by atoms with van der Waals surface area (Å²) in [4.78, 5) is 28.7. The van der Waals surface area contributed by atoms with Crippen LogP contribution in [0.1, 0.15) is 12.8 Å². The Kier molecular flexibility index (Phi) is 5.96. The molecule has 0 N–H and O–H groups in total. The summed E-state index contributed by atoms with van der Waals surface area (Å²) in [6.45, 7) is 3.14. The standard InChI is InChI=1S/C20H22Cl2N4O3/c21-15-3-5-16(6-4-15)29-12-11-26-20(28)18(22)17(13-23-26)24-7-9-25(10-8-24)19(27)14-1-2-14/h3-6,13-14H,1-2,7-12H2. The van der Waals surface area contributed by atoms with E-state index in [1.807, 2.05) is 9.80 Å². The quantitative estimate of drug-likeness (QED) is 0.696. The zero-order valence-electron chi connectivity index (χ0n) is 15.9. The van der Waals surface area contributed by atoms with Crippen molar-refractivity contribution in [2.75, 3.05) is 37.7 Å². The Hall–Kier alpha value is -2.25. The van der Waals surface area contributed by atoms with Gasteiger partial charge in [0.15, 0.2) is 0 Å². The lowest BCUT2D eigenvalue weighted by Crippen LogP contribution is -2.49. The second-order valence-corrected chi connectivity index (χ2v) is 8.08. The molecule has 29 heavy (non-hydrogen) atoms. The van der Waals surface area contributed by atoms with Crippen LogP contribution in [0.15, 0.2) is 35.3 Å². The highest BCUT2D eigenvalue weighted by molar-refractivity contribution is 6.33. The fourth-order valence-electron chi connectivity index (χ4n) is 3.37. The summed E-state index contributed by atoms with van der Waals surface area (Å²) >= 11 is 12.2. The summed E-state index contributed by atoms with van der Waals surface area (Å²) in [7, 11) is 0. The molecule has 154 valence electrons. The van der Waals surface area contributed by atoms with Gasteiger partial charge < -0.3 is 14.5 Å². The summed E-state index contributed by atoms with van der Waals surface area (Å²) in [5.41, 5.74) is 0.269. The molecule has 0 spiro atoms. The van der Waals surface area contributed by atoms with Gasteiger partial charge in [0, 0.05) is 37.1 Å². The predicted molar refractivity (Wildman–Crippen MR) is 112 cm³/mol. The van der Waals surface area contributed by atoms with Gasteiger partial charge >= 0.3 is 0 Å². The maximum Gasteiger partial charge on any atom is 0.287 e. The highest BCUT2D eigenvalue weighted by Gasteiger charge is 2.34. The van der Waals surface area contributed by atoms with Crippen molar-refractivity contribution in [2.24, 2.45) is 5.92 Å². The topological polar surface area (TPSA) is 67.7 Å². The van der Waals surface area contributed by atoms with Crippen molar-refractivity contribution < 1.29 is 9.53 Å². The molecule has 2 aromatic rings. The molecule has 0 unspecified atom stereocenters. The van der Waals surface area contributed by atoms with Gasteiger partial charge in [-0.15, -0.1) is 0 Å². The predicted octanol–water partition coefficient (Wildman–Crippen LogP) is 2.69. The van der Waals surface area contributed by atoms with Gasteiger partial charge in [-0.1, -0.05) is 23.2 Å². The Morgan fingerprint density at radius 3 is 2.45 bits per heavy atom. The molecule has 1 aliphatic heterocycles. The van der Waals surface area contributed by atoms with Crippen LogP contribution in [0.5, 0.6) is 5.75 Å². The number of carbonyl (C=O) groups excluding carboxylic acids is 1. The van der Waals surface area contributed by atoms with Crippen LogP contribution in [0.3, 0.4) is 0 Å². The highest BCUT2D eigenvalue weighted by atomic mass is 35.5. The number of ether oxygens (including phenoxy) is 1. The number of aromatic nitrogens is 2. The van der Waals surface area contributed by atoms with Gasteiger partial charge in [0.25, 0.3) is 5.56 Å². The molecule has 9 heteroatoms. The number of hydrogen-bond acceptors (Lipinski definition) is 5.